The molecule has 0 aromatic carbocycles. The molecular formula is C53H79N9O23S3. The molecule has 0 aliphatic carbocycles. The third-order valence-corrected chi connectivity index (χ3v) is 17.6. The standard InChI is InChI=1S/C19H29N3O7S.C18H27N3O8S.C16H23N3O8S/c1-13-4-3-5-14(2)21(13)18(26)12-30(28)11-9-15(23)20-10-8-19(27)29-22-16(24)6-7-17(22)25;1-12-9-28-10-13(2)20(12)17(25)11-30(27)8-6-14(22)19-7-5-18(26)29-21-15(23)3-4-16(21)24;20-12(4-10-28(25)11-15(23)18-6-8-26-9-7-18)17-5-3-16(24)27-19-13(21)1-2-14(19)22/h13-14H,3-12H2,1-2H3,(H,20,23);12-13H,3-11H2,1-2H3,(H,19,22);1-11H2,(H,17,20). The van der Waals surface area contributed by atoms with E-state index >= 15 is 0 Å². The number of ether oxygens (including phenoxy) is 2. The number of carbonyl (C=O) groups is 15. The Balaban J connectivity index is 0.000000283. The predicted molar refractivity (Wildman–Crippen MR) is 306 cm³/mol. The number of imide groups is 3. The zero-order chi connectivity index (χ0) is 65.0. The van der Waals surface area contributed by atoms with Gasteiger partial charge in [0.05, 0.1) is 57.8 Å². The summed E-state index contributed by atoms with van der Waals surface area (Å²) in [5.41, 5.74) is 0. The molecule has 35 heteroatoms. The van der Waals surface area contributed by atoms with Crippen LogP contribution in [0.2, 0.25) is 0 Å². The fraction of sp³-hybridized carbons (Fsp3) is 0.717. The highest BCUT2D eigenvalue weighted by Crippen LogP contribution is 2.23. The van der Waals surface area contributed by atoms with Crippen molar-refractivity contribution in [3.63, 3.8) is 0 Å². The summed E-state index contributed by atoms with van der Waals surface area (Å²) >= 11 is 0. The summed E-state index contributed by atoms with van der Waals surface area (Å²) in [5.74, 6) is -8.04. The lowest BCUT2D eigenvalue weighted by atomic mass is 9.98. The van der Waals surface area contributed by atoms with E-state index in [-0.39, 0.29) is 173 Å². The Hall–Kier alpha value is -6.98. The lowest BCUT2D eigenvalue weighted by molar-refractivity contribution is -0.197. The number of carbonyl (C=O) groups excluding carboxylic acids is 15. The van der Waals surface area contributed by atoms with Crippen molar-refractivity contribution < 1.29 is 109 Å². The molecule has 7 atom stereocenters. The van der Waals surface area contributed by atoms with Gasteiger partial charge < -0.3 is 54.6 Å². The van der Waals surface area contributed by atoms with E-state index in [1.807, 2.05) is 27.7 Å². The lowest BCUT2D eigenvalue weighted by Crippen LogP contribution is -2.53. The van der Waals surface area contributed by atoms with Crippen LogP contribution in [0.1, 0.15) is 124 Å². The molecule has 6 aliphatic heterocycles. The Morgan fingerprint density at radius 3 is 1.05 bits per heavy atom. The molecule has 6 heterocycles. The molecule has 6 rings (SSSR count). The summed E-state index contributed by atoms with van der Waals surface area (Å²) in [5, 5.41) is 8.76. The van der Waals surface area contributed by atoms with E-state index in [2.05, 4.69) is 30.5 Å². The molecule has 32 nitrogen and oxygen atoms in total. The van der Waals surface area contributed by atoms with Gasteiger partial charge in [-0.05, 0) is 47.0 Å². The van der Waals surface area contributed by atoms with Crippen LogP contribution in [0.15, 0.2) is 0 Å². The van der Waals surface area contributed by atoms with E-state index in [9.17, 15) is 84.5 Å². The molecule has 0 aromatic rings. The highest BCUT2D eigenvalue weighted by molar-refractivity contribution is 7.86. The fourth-order valence-corrected chi connectivity index (χ4v) is 12.3. The second-order valence-corrected chi connectivity index (χ2v) is 25.7. The van der Waals surface area contributed by atoms with Crippen LogP contribution in [-0.2, 0) is 128 Å². The molecule has 492 valence electrons. The highest BCUT2D eigenvalue weighted by Gasteiger charge is 2.36. The predicted octanol–water partition coefficient (Wildman–Crippen LogP) is -3.00. The summed E-state index contributed by atoms with van der Waals surface area (Å²) < 4.78 is 46.8. The zero-order valence-corrected chi connectivity index (χ0v) is 52.3. The minimum atomic E-state index is -1.49. The first-order chi connectivity index (χ1) is 41.7. The largest absolute Gasteiger partial charge is 0.378 e. The van der Waals surface area contributed by atoms with E-state index in [4.69, 9.17) is 9.47 Å². The first-order valence-corrected chi connectivity index (χ1v) is 33.3. The number of likely N-dealkylation sites (tertiary alicyclic amines) is 1. The van der Waals surface area contributed by atoms with Gasteiger partial charge in [0.25, 0.3) is 35.4 Å². The fourth-order valence-electron chi connectivity index (χ4n) is 9.30. The van der Waals surface area contributed by atoms with E-state index in [0.717, 1.165) is 19.3 Å². The van der Waals surface area contributed by atoms with Crippen LogP contribution in [0.25, 0.3) is 0 Å². The van der Waals surface area contributed by atoms with Crippen LogP contribution in [0, 0.1) is 0 Å². The number of hydrogen-bond acceptors (Lipinski definition) is 23. The van der Waals surface area contributed by atoms with Crippen molar-refractivity contribution in [1.29, 1.82) is 0 Å². The number of amides is 12. The van der Waals surface area contributed by atoms with E-state index < -0.39 is 103 Å². The Morgan fingerprint density at radius 1 is 0.432 bits per heavy atom. The average molecular weight is 1310 g/mol. The molecule has 0 saturated carbocycles. The smallest absolute Gasteiger partial charge is 0.334 e. The molecule has 3 N–H and O–H groups in total. The van der Waals surface area contributed by atoms with Crippen molar-refractivity contribution in [3.05, 3.63) is 0 Å². The second-order valence-electron chi connectivity index (χ2n) is 21.0. The van der Waals surface area contributed by atoms with E-state index in [1.165, 1.54) is 0 Å². The van der Waals surface area contributed by atoms with Gasteiger partial charge in [0, 0.05) is 152 Å². The van der Waals surface area contributed by atoms with Gasteiger partial charge in [-0.3, -0.25) is 70.2 Å². The molecular weight excluding hydrogens is 1230 g/mol. The van der Waals surface area contributed by atoms with Crippen LogP contribution in [0.5, 0.6) is 0 Å². The topological polar surface area (TPSA) is 409 Å². The van der Waals surface area contributed by atoms with Crippen molar-refractivity contribution in [2.45, 2.75) is 148 Å². The Bertz CT molecular complexity index is 2490. The molecule has 7 unspecified atom stereocenters. The van der Waals surface area contributed by atoms with Gasteiger partial charge in [0.2, 0.25) is 35.4 Å². The third kappa shape index (κ3) is 25.6. The van der Waals surface area contributed by atoms with Gasteiger partial charge in [-0.25, -0.2) is 14.4 Å². The summed E-state index contributed by atoms with van der Waals surface area (Å²) in [6, 6.07) is 0.0832. The number of morpholine rings is 2. The molecule has 0 aromatic heterocycles. The van der Waals surface area contributed by atoms with E-state index in [1.54, 1.807) is 14.7 Å². The van der Waals surface area contributed by atoms with Crippen molar-refractivity contribution in [2.75, 3.05) is 93.7 Å². The van der Waals surface area contributed by atoms with Crippen molar-refractivity contribution in [2.24, 2.45) is 0 Å². The molecule has 12 amide bonds. The van der Waals surface area contributed by atoms with Crippen molar-refractivity contribution in [3.8, 4) is 0 Å². The lowest BCUT2D eigenvalue weighted by Gasteiger charge is -2.39. The summed E-state index contributed by atoms with van der Waals surface area (Å²) in [6.45, 7) is 10.3. The maximum atomic E-state index is 12.4. The molecule has 6 fully saturated rings. The van der Waals surface area contributed by atoms with E-state index in [0.29, 0.717) is 54.7 Å². The van der Waals surface area contributed by atoms with Gasteiger partial charge in [0.15, 0.2) is 0 Å². The van der Waals surface area contributed by atoms with Crippen LogP contribution >= 0.6 is 0 Å². The Kier molecular flexibility index (Phi) is 31.5. The molecule has 88 heavy (non-hydrogen) atoms. The van der Waals surface area contributed by atoms with Crippen LogP contribution in [0.4, 0.5) is 0 Å². The Labute approximate surface area is 515 Å². The van der Waals surface area contributed by atoms with Crippen LogP contribution in [-0.4, -0.2) is 249 Å². The normalized spacial score (nSPS) is 21.3. The van der Waals surface area contributed by atoms with Gasteiger partial charge in [-0.1, -0.05) is 0 Å². The second kappa shape index (κ2) is 37.8. The van der Waals surface area contributed by atoms with Gasteiger partial charge in [-0.2, -0.15) is 0 Å². The monoisotopic (exact) mass is 1310 g/mol. The molecule has 6 saturated heterocycles. The van der Waals surface area contributed by atoms with Crippen LogP contribution < -0.4 is 16.0 Å². The summed E-state index contributed by atoms with van der Waals surface area (Å²) in [7, 11) is -4.41. The zero-order valence-electron chi connectivity index (χ0n) is 49.8. The summed E-state index contributed by atoms with van der Waals surface area (Å²) in [6.07, 6.45) is 2.19. The van der Waals surface area contributed by atoms with Crippen LogP contribution in [0.3, 0.4) is 0 Å². The van der Waals surface area contributed by atoms with Gasteiger partial charge >= 0.3 is 17.9 Å². The number of piperidine rings is 1. The minimum absolute atomic E-state index is 0.00581. The third-order valence-electron chi connectivity index (χ3n) is 13.9. The molecule has 0 spiro atoms. The highest BCUT2D eigenvalue weighted by atomic mass is 32.2. The van der Waals surface area contributed by atoms with Gasteiger partial charge in [-0.15, -0.1) is 15.2 Å². The average Bonchev–Trinajstić information content (AvgIpc) is 4.18. The first-order valence-electron chi connectivity index (χ1n) is 28.8. The quantitative estimate of drug-likeness (QED) is 0.0690. The number of nitrogens with one attached hydrogen (secondary N) is 3. The maximum Gasteiger partial charge on any atom is 0.334 e. The maximum absolute atomic E-state index is 12.4. The SMILES string of the molecule is CC1CCCC(C)N1C(=O)CS(=O)CCC(=O)NCCC(=O)ON1C(=O)CCC1=O.CC1COCC(C)N1C(=O)CS(=O)CCC(=O)NCCC(=O)ON1C(=O)CCC1=O.O=C(CCS(=O)CC(=O)N1CCOCC1)NCCC(=O)ON1C(=O)CCC1=O. The number of nitrogens with zero attached hydrogens (tertiary/aromatic N) is 6. The number of hydrogen-bond donors (Lipinski definition) is 3. The molecule has 0 radical (unpaired) electrons. The summed E-state index contributed by atoms with van der Waals surface area (Å²) in [4.78, 5) is 194. The molecule has 6 aliphatic rings. The van der Waals surface area contributed by atoms with Crippen molar-refractivity contribution >= 4 is 121 Å². The molecule has 0 bridgehead atoms. The van der Waals surface area contributed by atoms with Gasteiger partial charge in [0.1, 0.15) is 17.3 Å². The number of rotatable bonds is 27. The number of hydroxylamine groups is 6. The Morgan fingerprint density at radius 2 is 0.727 bits per heavy atom. The van der Waals surface area contributed by atoms with Crippen molar-refractivity contribution in [1.82, 2.24) is 45.8 Å². The minimum Gasteiger partial charge on any atom is -0.378 e. The first kappa shape index (κ1) is 73.5.